The average molecular weight is 381 g/mol. The number of aryl methyl sites for hydroxylation is 1. The smallest absolute Gasteiger partial charge is 0.325 e. The summed E-state index contributed by atoms with van der Waals surface area (Å²) < 4.78 is 5.33. The van der Waals surface area contributed by atoms with Crippen LogP contribution in [-0.4, -0.2) is 41.9 Å². The molecule has 0 saturated carbocycles. The second kappa shape index (κ2) is 7.72. The number of anilines is 1. The van der Waals surface area contributed by atoms with Gasteiger partial charge in [0.05, 0.1) is 7.11 Å². The molecule has 0 unspecified atom stereocenters. The topological polar surface area (TPSA) is 87.7 Å². The summed E-state index contributed by atoms with van der Waals surface area (Å²) in [4.78, 5) is 38.5. The van der Waals surface area contributed by atoms with Crippen molar-refractivity contribution in [1.29, 1.82) is 0 Å². The zero-order valence-corrected chi connectivity index (χ0v) is 16.1. The van der Waals surface area contributed by atoms with E-state index in [0.717, 1.165) is 16.0 Å². The summed E-state index contributed by atoms with van der Waals surface area (Å²) in [6, 6.07) is 14.0. The Morgan fingerprint density at radius 3 is 2.50 bits per heavy atom. The normalized spacial score (nSPS) is 18.8. The molecule has 0 aliphatic carbocycles. The number of methoxy groups -OCH3 is 1. The van der Waals surface area contributed by atoms with Gasteiger partial charge in [0.15, 0.2) is 0 Å². The zero-order chi connectivity index (χ0) is 20.3. The third-order valence-corrected chi connectivity index (χ3v) is 4.72. The Kier molecular flexibility index (Phi) is 5.35. The SMILES string of the molecule is COc1ccccc1C[C@@]1(C)NC(=O)N(CC(=O)Nc2ccc(C)cc2)C1=O. The lowest BCUT2D eigenvalue weighted by Gasteiger charge is -2.22. The number of hydrogen-bond donors (Lipinski definition) is 2. The van der Waals surface area contributed by atoms with Gasteiger partial charge in [-0.05, 0) is 37.6 Å². The van der Waals surface area contributed by atoms with Crippen molar-refractivity contribution in [2.24, 2.45) is 0 Å². The number of imide groups is 1. The van der Waals surface area contributed by atoms with Crippen LogP contribution in [0.25, 0.3) is 0 Å². The van der Waals surface area contributed by atoms with E-state index in [9.17, 15) is 14.4 Å². The van der Waals surface area contributed by atoms with Gasteiger partial charge < -0.3 is 15.4 Å². The molecule has 0 radical (unpaired) electrons. The van der Waals surface area contributed by atoms with E-state index in [4.69, 9.17) is 4.74 Å². The lowest BCUT2D eigenvalue weighted by molar-refractivity contribution is -0.133. The van der Waals surface area contributed by atoms with E-state index < -0.39 is 23.4 Å². The Morgan fingerprint density at radius 2 is 1.82 bits per heavy atom. The van der Waals surface area contributed by atoms with Crippen LogP contribution in [0.15, 0.2) is 48.5 Å². The van der Waals surface area contributed by atoms with Crippen molar-refractivity contribution < 1.29 is 19.1 Å². The minimum absolute atomic E-state index is 0.262. The van der Waals surface area contributed by atoms with Crippen LogP contribution in [0.5, 0.6) is 5.75 Å². The largest absolute Gasteiger partial charge is 0.496 e. The number of nitrogens with one attached hydrogen (secondary N) is 2. The van der Waals surface area contributed by atoms with Crippen LogP contribution in [0.3, 0.4) is 0 Å². The molecule has 1 saturated heterocycles. The molecule has 7 heteroatoms. The maximum absolute atomic E-state index is 12.9. The Bertz CT molecular complexity index is 910. The van der Waals surface area contributed by atoms with Gasteiger partial charge in [-0.15, -0.1) is 0 Å². The molecule has 2 aromatic carbocycles. The molecule has 3 rings (SSSR count). The van der Waals surface area contributed by atoms with Gasteiger partial charge >= 0.3 is 6.03 Å². The molecule has 4 amide bonds. The van der Waals surface area contributed by atoms with Gasteiger partial charge in [0.1, 0.15) is 17.8 Å². The highest BCUT2D eigenvalue weighted by Gasteiger charge is 2.48. The summed E-state index contributed by atoms with van der Waals surface area (Å²) in [6.07, 6.45) is 0.262. The fraction of sp³-hybridized carbons (Fsp3) is 0.286. The Hall–Kier alpha value is -3.35. The van der Waals surface area contributed by atoms with Crippen LogP contribution >= 0.6 is 0 Å². The van der Waals surface area contributed by atoms with Gasteiger partial charge in [-0.3, -0.25) is 14.5 Å². The maximum atomic E-state index is 12.9. The van der Waals surface area contributed by atoms with Gasteiger partial charge in [-0.1, -0.05) is 35.9 Å². The predicted octanol–water partition coefficient (Wildman–Crippen LogP) is 2.50. The maximum Gasteiger partial charge on any atom is 0.325 e. The molecule has 1 aliphatic rings. The second-order valence-electron chi connectivity index (χ2n) is 7.06. The first-order chi connectivity index (χ1) is 13.3. The predicted molar refractivity (Wildman–Crippen MR) is 105 cm³/mol. The first-order valence-corrected chi connectivity index (χ1v) is 8.95. The molecular weight excluding hydrogens is 358 g/mol. The van der Waals surface area contributed by atoms with Crippen molar-refractivity contribution in [2.75, 3.05) is 19.0 Å². The Morgan fingerprint density at radius 1 is 1.14 bits per heavy atom. The first-order valence-electron chi connectivity index (χ1n) is 8.95. The summed E-state index contributed by atoms with van der Waals surface area (Å²) in [5.74, 6) is -0.238. The average Bonchev–Trinajstić information content (AvgIpc) is 2.87. The van der Waals surface area contributed by atoms with Crippen molar-refractivity contribution in [3.05, 3.63) is 59.7 Å². The van der Waals surface area contributed by atoms with Crippen molar-refractivity contribution >= 4 is 23.5 Å². The fourth-order valence-corrected chi connectivity index (χ4v) is 3.22. The molecular formula is C21H23N3O4. The fourth-order valence-electron chi connectivity index (χ4n) is 3.22. The van der Waals surface area contributed by atoms with Crippen molar-refractivity contribution in [1.82, 2.24) is 10.2 Å². The lowest BCUT2D eigenvalue weighted by atomic mass is 9.92. The molecule has 7 nitrogen and oxygen atoms in total. The Labute approximate surface area is 163 Å². The van der Waals surface area contributed by atoms with Gasteiger partial charge in [0.25, 0.3) is 5.91 Å². The highest BCUT2D eigenvalue weighted by atomic mass is 16.5. The van der Waals surface area contributed by atoms with Crippen LogP contribution in [0, 0.1) is 6.92 Å². The van der Waals surface area contributed by atoms with E-state index in [1.165, 1.54) is 0 Å². The molecule has 28 heavy (non-hydrogen) atoms. The van der Waals surface area contributed by atoms with E-state index in [1.54, 1.807) is 32.2 Å². The van der Waals surface area contributed by atoms with E-state index >= 15 is 0 Å². The zero-order valence-electron chi connectivity index (χ0n) is 16.1. The molecule has 0 aromatic heterocycles. The van der Waals surface area contributed by atoms with Crippen LogP contribution in [0.4, 0.5) is 10.5 Å². The summed E-state index contributed by atoms with van der Waals surface area (Å²) in [5, 5.41) is 5.41. The van der Waals surface area contributed by atoms with Gasteiger partial charge in [-0.25, -0.2) is 4.79 Å². The van der Waals surface area contributed by atoms with Crippen LogP contribution in [0.2, 0.25) is 0 Å². The molecule has 0 spiro atoms. The molecule has 1 heterocycles. The molecule has 146 valence electrons. The van der Waals surface area contributed by atoms with E-state index in [1.807, 2.05) is 37.3 Å². The third kappa shape index (κ3) is 3.98. The minimum Gasteiger partial charge on any atom is -0.496 e. The first kappa shape index (κ1) is 19.4. The van der Waals surface area contributed by atoms with Crippen LogP contribution in [-0.2, 0) is 16.0 Å². The number of ether oxygens (including phenoxy) is 1. The Balaban J connectivity index is 1.70. The van der Waals surface area contributed by atoms with E-state index in [-0.39, 0.29) is 13.0 Å². The molecule has 1 atom stereocenters. The van der Waals surface area contributed by atoms with Gasteiger partial charge in [-0.2, -0.15) is 0 Å². The third-order valence-electron chi connectivity index (χ3n) is 4.72. The number of rotatable bonds is 6. The quantitative estimate of drug-likeness (QED) is 0.753. The number of carbonyl (C=O) groups excluding carboxylic acids is 3. The monoisotopic (exact) mass is 381 g/mol. The lowest BCUT2D eigenvalue weighted by Crippen LogP contribution is -2.46. The van der Waals surface area contributed by atoms with Gasteiger partial charge in [0.2, 0.25) is 5.91 Å². The van der Waals surface area contributed by atoms with E-state index in [0.29, 0.717) is 11.4 Å². The molecule has 2 N–H and O–H groups in total. The number of para-hydroxylation sites is 1. The number of amides is 4. The van der Waals surface area contributed by atoms with E-state index in [2.05, 4.69) is 10.6 Å². The number of benzene rings is 2. The van der Waals surface area contributed by atoms with Gasteiger partial charge in [0, 0.05) is 12.1 Å². The molecule has 1 aliphatic heterocycles. The molecule has 0 bridgehead atoms. The summed E-state index contributed by atoms with van der Waals surface area (Å²) in [5.41, 5.74) is 1.33. The highest BCUT2D eigenvalue weighted by Crippen LogP contribution is 2.27. The molecule has 2 aromatic rings. The number of hydrogen-bond acceptors (Lipinski definition) is 4. The number of nitrogens with zero attached hydrogens (tertiary/aromatic N) is 1. The standard InChI is InChI=1S/C21H23N3O4/c1-14-8-10-16(11-9-14)22-18(25)13-24-19(26)21(2,23-20(24)27)12-15-6-4-5-7-17(15)28-3/h4-11H,12-13H2,1-3H3,(H,22,25)(H,23,27)/t21-/m1/s1. The van der Waals surface area contributed by atoms with Crippen LogP contribution < -0.4 is 15.4 Å². The summed E-state index contributed by atoms with van der Waals surface area (Å²) in [6.45, 7) is 3.25. The minimum atomic E-state index is -1.14. The summed E-state index contributed by atoms with van der Waals surface area (Å²) in [7, 11) is 1.55. The summed E-state index contributed by atoms with van der Waals surface area (Å²) >= 11 is 0. The number of carbonyl (C=O) groups is 3. The van der Waals surface area contributed by atoms with Crippen molar-refractivity contribution in [2.45, 2.75) is 25.8 Å². The number of urea groups is 1. The van der Waals surface area contributed by atoms with Crippen LogP contribution in [0.1, 0.15) is 18.1 Å². The second-order valence-corrected chi connectivity index (χ2v) is 7.06. The molecule has 1 fully saturated rings. The highest BCUT2D eigenvalue weighted by molar-refractivity contribution is 6.10. The van der Waals surface area contributed by atoms with Crippen molar-refractivity contribution in [3.63, 3.8) is 0 Å². The van der Waals surface area contributed by atoms with Crippen molar-refractivity contribution in [3.8, 4) is 5.75 Å².